The number of fused-ring (bicyclic) bond motifs is 1. The van der Waals surface area contributed by atoms with E-state index >= 15 is 0 Å². The van der Waals surface area contributed by atoms with Crippen LogP contribution in [0.2, 0.25) is 0 Å². The molecule has 1 amide bonds. The molecule has 2 aromatic heterocycles. The number of nitrogens with zero attached hydrogens (tertiary/aromatic N) is 4. The van der Waals surface area contributed by atoms with Crippen molar-refractivity contribution in [1.29, 1.82) is 0 Å². The molecule has 0 unspecified atom stereocenters. The Morgan fingerprint density at radius 3 is 3.00 bits per heavy atom. The monoisotopic (exact) mass is 339 g/mol. The Hall–Kier alpha value is -2.96. The minimum absolute atomic E-state index is 0.105. The van der Waals surface area contributed by atoms with Crippen molar-refractivity contribution in [3.8, 4) is 0 Å². The van der Waals surface area contributed by atoms with E-state index in [0.717, 1.165) is 24.1 Å². The van der Waals surface area contributed by atoms with Crippen LogP contribution in [0.1, 0.15) is 34.8 Å². The van der Waals surface area contributed by atoms with Crippen LogP contribution in [0.25, 0.3) is 5.52 Å². The first-order chi connectivity index (χ1) is 12.1. The average Bonchev–Trinajstić information content (AvgIpc) is 3.10. The molecule has 0 bridgehead atoms. The molecule has 1 atom stereocenters. The predicted molar refractivity (Wildman–Crippen MR) is 91.7 cm³/mol. The van der Waals surface area contributed by atoms with Crippen molar-refractivity contribution in [3.05, 3.63) is 59.7 Å². The standard InChI is InChI=1S/C18H18FN5O/c19-14-5-1-3-12(9-14)17(25)23-8-2-4-13(11-23)16-10-15-6-7-21-24(15)18(20)22-16/h1,3,5-7,9-10,13H,2,4,8,11H2,(H2,20,22)/t13-/m0/s1. The second-order valence-corrected chi connectivity index (χ2v) is 6.31. The number of nitrogen functional groups attached to an aromatic ring is 1. The zero-order valence-electron chi connectivity index (χ0n) is 13.6. The largest absolute Gasteiger partial charge is 0.368 e. The van der Waals surface area contributed by atoms with Crippen molar-refractivity contribution in [2.24, 2.45) is 0 Å². The summed E-state index contributed by atoms with van der Waals surface area (Å²) < 4.78 is 15.0. The Kier molecular flexibility index (Phi) is 3.83. The minimum Gasteiger partial charge on any atom is -0.368 e. The molecule has 0 radical (unpaired) electrons. The molecule has 3 heterocycles. The van der Waals surface area contributed by atoms with E-state index in [1.807, 2.05) is 12.1 Å². The van der Waals surface area contributed by atoms with Gasteiger partial charge in [-0.05, 0) is 43.2 Å². The summed E-state index contributed by atoms with van der Waals surface area (Å²) in [7, 11) is 0. The van der Waals surface area contributed by atoms with Gasteiger partial charge in [-0.25, -0.2) is 13.9 Å². The number of hydrogen-bond donors (Lipinski definition) is 1. The van der Waals surface area contributed by atoms with E-state index in [1.165, 1.54) is 12.1 Å². The Morgan fingerprint density at radius 2 is 2.16 bits per heavy atom. The average molecular weight is 339 g/mol. The number of likely N-dealkylation sites (tertiary alicyclic amines) is 1. The van der Waals surface area contributed by atoms with Crippen molar-refractivity contribution < 1.29 is 9.18 Å². The van der Waals surface area contributed by atoms with Gasteiger partial charge in [-0.1, -0.05) is 6.07 Å². The first-order valence-corrected chi connectivity index (χ1v) is 8.27. The summed E-state index contributed by atoms with van der Waals surface area (Å²) in [5, 5.41) is 4.12. The van der Waals surface area contributed by atoms with Crippen LogP contribution in [0.5, 0.6) is 0 Å². The van der Waals surface area contributed by atoms with Crippen molar-refractivity contribution in [2.45, 2.75) is 18.8 Å². The highest BCUT2D eigenvalue weighted by atomic mass is 19.1. The molecule has 0 aliphatic carbocycles. The second-order valence-electron chi connectivity index (χ2n) is 6.31. The summed E-state index contributed by atoms with van der Waals surface area (Å²) in [5.74, 6) is -0.109. The Bertz CT molecular complexity index is 938. The van der Waals surface area contributed by atoms with E-state index in [-0.39, 0.29) is 11.8 Å². The zero-order valence-corrected chi connectivity index (χ0v) is 13.6. The molecule has 0 spiro atoms. The number of nitrogens with two attached hydrogens (primary N) is 1. The summed E-state index contributed by atoms with van der Waals surface area (Å²) in [6.45, 7) is 1.21. The number of halogens is 1. The zero-order chi connectivity index (χ0) is 17.4. The fourth-order valence-electron chi connectivity index (χ4n) is 3.39. The van der Waals surface area contributed by atoms with Gasteiger partial charge in [-0.2, -0.15) is 5.10 Å². The molecule has 1 aliphatic rings. The number of hydrogen-bond acceptors (Lipinski definition) is 4. The molecule has 1 aliphatic heterocycles. The molecule has 1 saturated heterocycles. The maximum Gasteiger partial charge on any atom is 0.253 e. The van der Waals surface area contributed by atoms with Gasteiger partial charge in [0.05, 0.1) is 17.4 Å². The quantitative estimate of drug-likeness (QED) is 0.778. The summed E-state index contributed by atoms with van der Waals surface area (Å²) in [4.78, 5) is 18.9. The minimum atomic E-state index is -0.403. The Balaban J connectivity index is 1.58. The number of piperidine rings is 1. The van der Waals surface area contributed by atoms with Crippen LogP contribution in [0.4, 0.5) is 10.3 Å². The highest BCUT2D eigenvalue weighted by molar-refractivity contribution is 5.94. The molecule has 128 valence electrons. The molecule has 4 rings (SSSR count). The maximum atomic E-state index is 13.4. The molecule has 1 fully saturated rings. The Labute approximate surface area is 144 Å². The third-order valence-corrected chi connectivity index (χ3v) is 4.63. The fraction of sp³-hybridized carbons (Fsp3) is 0.278. The van der Waals surface area contributed by atoms with E-state index in [2.05, 4.69) is 10.1 Å². The third-order valence-electron chi connectivity index (χ3n) is 4.63. The van der Waals surface area contributed by atoms with Crippen LogP contribution in [-0.4, -0.2) is 38.5 Å². The van der Waals surface area contributed by atoms with Gasteiger partial charge in [0.15, 0.2) is 0 Å². The van der Waals surface area contributed by atoms with E-state index in [9.17, 15) is 9.18 Å². The van der Waals surface area contributed by atoms with Crippen molar-refractivity contribution in [1.82, 2.24) is 19.5 Å². The number of rotatable bonds is 2. The lowest BCUT2D eigenvalue weighted by Crippen LogP contribution is -2.39. The number of benzene rings is 1. The smallest absolute Gasteiger partial charge is 0.253 e. The van der Waals surface area contributed by atoms with Gasteiger partial charge in [0.2, 0.25) is 5.95 Å². The van der Waals surface area contributed by atoms with Crippen LogP contribution in [0.15, 0.2) is 42.6 Å². The van der Waals surface area contributed by atoms with Crippen molar-refractivity contribution in [2.75, 3.05) is 18.8 Å². The molecule has 2 N–H and O–H groups in total. The molecule has 3 aromatic rings. The van der Waals surface area contributed by atoms with E-state index in [4.69, 9.17) is 5.73 Å². The lowest BCUT2D eigenvalue weighted by atomic mass is 9.93. The summed E-state index contributed by atoms with van der Waals surface area (Å²) in [5.41, 5.74) is 8.10. The summed E-state index contributed by atoms with van der Waals surface area (Å²) >= 11 is 0. The predicted octanol–water partition coefficient (Wildman–Crippen LogP) is 2.47. The SMILES string of the molecule is Nc1nc([C@H]2CCCN(C(=O)c3cccc(F)c3)C2)cc2ccnn12. The lowest BCUT2D eigenvalue weighted by molar-refractivity contribution is 0.0705. The molecule has 6 nitrogen and oxygen atoms in total. The van der Waals surface area contributed by atoms with Crippen LogP contribution in [-0.2, 0) is 0 Å². The van der Waals surface area contributed by atoms with Crippen LogP contribution < -0.4 is 5.73 Å². The van der Waals surface area contributed by atoms with Crippen LogP contribution >= 0.6 is 0 Å². The normalized spacial score (nSPS) is 17.8. The van der Waals surface area contributed by atoms with Gasteiger partial charge < -0.3 is 10.6 Å². The number of amides is 1. The molecule has 1 aromatic carbocycles. The maximum absolute atomic E-state index is 13.4. The highest BCUT2D eigenvalue weighted by Crippen LogP contribution is 2.28. The second kappa shape index (κ2) is 6.16. The van der Waals surface area contributed by atoms with Gasteiger partial charge >= 0.3 is 0 Å². The molecular formula is C18H18FN5O. The van der Waals surface area contributed by atoms with Gasteiger partial charge in [-0.15, -0.1) is 0 Å². The van der Waals surface area contributed by atoms with Crippen LogP contribution in [0, 0.1) is 5.82 Å². The molecule has 7 heteroatoms. The highest BCUT2D eigenvalue weighted by Gasteiger charge is 2.27. The first-order valence-electron chi connectivity index (χ1n) is 8.27. The van der Waals surface area contributed by atoms with Gasteiger partial charge in [0.25, 0.3) is 5.91 Å². The number of aromatic nitrogens is 3. The summed E-state index contributed by atoms with van der Waals surface area (Å²) in [6, 6.07) is 9.65. The van der Waals surface area contributed by atoms with Gasteiger partial charge in [-0.3, -0.25) is 4.79 Å². The molecule has 25 heavy (non-hydrogen) atoms. The molecule has 0 saturated carbocycles. The Morgan fingerprint density at radius 1 is 1.28 bits per heavy atom. The fourth-order valence-corrected chi connectivity index (χ4v) is 3.39. The number of carbonyl (C=O) groups is 1. The van der Waals surface area contributed by atoms with Crippen LogP contribution in [0.3, 0.4) is 0 Å². The van der Waals surface area contributed by atoms with E-state index in [1.54, 1.807) is 27.7 Å². The summed E-state index contributed by atoms with van der Waals surface area (Å²) in [6.07, 6.45) is 3.49. The molecular weight excluding hydrogens is 321 g/mol. The van der Waals surface area contributed by atoms with Crippen molar-refractivity contribution >= 4 is 17.4 Å². The van der Waals surface area contributed by atoms with Gasteiger partial charge in [0.1, 0.15) is 5.82 Å². The number of anilines is 1. The lowest BCUT2D eigenvalue weighted by Gasteiger charge is -2.32. The van der Waals surface area contributed by atoms with E-state index < -0.39 is 5.82 Å². The third kappa shape index (κ3) is 2.93. The van der Waals surface area contributed by atoms with Gasteiger partial charge in [0, 0.05) is 24.6 Å². The van der Waals surface area contributed by atoms with Crippen molar-refractivity contribution in [3.63, 3.8) is 0 Å². The first kappa shape index (κ1) is 15.6. The van der Waals surface area contributed by atoms with E-state index in [0.29, 0.717) is 24.6 Å². The topological polar surface area (TPSA) is 76.5 Å². The number of carbonyl (C=O) groups excluding carboxylic acids is 1.